The van der Waals surface area contributed by atoms with Gasteiger partial charge in [-0.1, -0.05) is 16.8 Å². The average Bonchev–Trinajstić information content (AvgIpc) is 2.93. The standard InChI is InChI=1S/C11H10ClF2N5O/c1-2-19(5-8-15-17-18-16-8)11(20)9-6(12)3-4-7(13)10(9)14/h3-4H,2,5H2,1H3,(H,15,16,17,18). The number of hydrogen-bond donors (Lipinski definition) is 1. The Hall–Kier alpha value is -2.09. The van der Waals surface area contributed by atoms with Gasteiger partial charge < -0.3 is 4.90 Å². The summed E-state index contributed by atoms with van der Waals surface area (Å²) in [5.74, 6) is -2.88. The van der Waals surface area contributed by atoms with Crippen LogP contribution in [0.1, 0.15) is 23.1 Å². The van der Waals surface area contributed by atoms with Gasteiger partial charge in [0, 0.05) is 6.54 Å². The summed E-state index contributed by atoms with van der Waals surface area (Å²) in [5.41, 5.74) is -0.503. The van der Waals surface area contributed by atoms with Gasteiger partial charge in [0.05, 0.1) is 17.1 Å². The van der Waals surface area contributed by atoms with Gasteiger partial charge >= 0.3 is 0 Å². The fourth-order valence-corrected chi connectivity index (χ4v) is 1.86. The van der Waals surface area contributed by atoms with E-state index in [2.05, 4.69) is 20.6 Å². The van der Waals surface area contributed by atoms with Gasteiger partial charge in [-0.3, -0.25) is 4.79 Å². The quantitative estimate of drug-likeness (QED) is 0.874. The van der Waals surface area contributed by atoms with Gasteiger partial charge in [0.2, 0.25) is 0 Å². The van der Waals surface area contributed by atoms with Crippen molar-refractivity contribution >= 4 is 17.5 Å². The molecule has 0 saturated heterocycles. The van der Waals surface area contributed by atoms with Crippen LogP contribution in [0.4, 0.5) is 8.78 Å². The molecule has 0 aliphatic rings. The molecule has 106 valence electrons. The third kappa shape index (κ3) is 2.74. The highest BCUT2D eigenvalue weighted by Gasteiger charge is 2.24. The normalized spacial score (nSPS) is 10.6. The zero-order valence-corrected chi connectivity index (χ0v) is 11.2. The molecular weight excluding hydrogens is 292 g/mol. The third-order valence-corrected chi connectivity index (χ3v) is 2.96. The highest BCUT2D eigenvalue weighted by Crippen LogP contribution is 2.23. The second-order valence-corrected chi connectivity index (χ2v) is 4.27. The average molecular weight is 302 g/mol. The lowest BCUT2D eigenvalue weighted by atomic mass is 10.1. The Balaban J connectivity index is 2.31. The van der Waals surface area contributed by atoms with Crippen LogP contribution in [0.3, 0.4) is 0 Å². The van der Waals surface area contributed by atoms with Crippen LogP contribution in [0.15, 0.2) is 12.1 Å². The Morgan fingerprint density at radius 2 is 2.20 bits per heavy atom. The summed E-state index contributed by atoms with van der Waals surface area (Å²) in [6, 6.07) is 2.00. The number of benzene rings is 1. The van der Waals surface area contributed by atoms with E-state index in [1.54, 1.807) is 6.92 Å². The summed E-state index contributed by atoms with van der Waals surface area (Å²) < 4.78 is 27.0. The molecule has 0 fully saturated rings. The molecule has 9 heteroatoms. The highest BCUT2D eigenvalue weighted by molar-refractivity contribution is 6.33. The molecule has 0 radical (unpaired) electrons. The number of halogens is 3. The van der Waals surface area contributed by atoms with Crippen molar-refractivity contribution in [2.75, 3.05) is 6.54 Å². The van der Waals surface area contributed by atoms with Crippen molar-refractivity contribution in [3.05, 3.63) is 40.2 Å². The van der Waals surface area contributed by atoms with Crippen molar-refractivity contribution in [1.82, 2.24) is 25.5 Å². The Bertz CT molecular complexity index is 620. The molecule has 0 unspecified atom stereocenters. The van der Waals surface area contributed by atoms with Crippen LogP contribution in [0.25, 0.3) is 0 Å². The topological polar surface area (TPSA) is 74.8 Å². The van der Waals surface area contributed by atoms with Crippen LogP contribution in [-0.4, -0.2) is 38.0 Å². The van der Waals surface area contributed by atoms with Gasteiger partial charge in [-0.2, -0.15) is 5.21 Å². The van der Waals surface area contributed by atoms with Crippen molar-refractivity contribution in [3.63, 3.8) is 0 Å². The second-order valence-electron chi connectivity index (χ2n) is 3.87. The predicted molar refractivity (Wildman–Crippen MR) is 66.0 cm³/mol. The van der Waals surface area contributed by atoms with Crippen molar-refractivity contribution in [2.45, 2.75) is 13.5 Å². The van der Waals surface area contributed by atoms with E-state index in [9.17, 15) is 13.6 Å². The first-order valence-corrected chi connectivity index (χ1v) is 6.07. The summed E-state index contributed by atoms with van der Waals surface area (Å²) in [6.07, 6.45) is 0. The Kier molecular flexibility index (Phi) is 4.23. The van der Waals surface area contributed by atoms with Gasteiger partial charge in [0.25, 0.3) is 5.91 Å². The zero-order valence-electron chi connectivity index (χ0n) is 10.4. The number of nitrogens with one attached hydrogen (secondary N) is 1. The lowest BCUT2D eigenvalue weighted by Gasteiger charge is -2.20. The van der Waals surface area contributed by atoms with Gasteiger partial charge in [0.15, 0.2) is 17.5 Å². The number of H-pyrrole nitrogens is 1. The molecule has 1 heterocycles. The fourth-order valence-electron chi connectivity index (χ4n) is 1.63. The molecule has 20 heavy (non-hydrogen) atoms. The molecule has 2 aromatic rings. The number of amides is 1. The fraction of sp³-hybridized carbons (Fsp3) is 0.273. The van der Waals surface area contributed by atoms with E-state index < -0.39 is 23.1 Å². The van der Waals surface area contributed by atoms with E-state index in [1.165, 1.54) is 4.90 Å². The van der Waals surface area contributed by atoms with Gasteiger partial charge in [-0.15, -0.1) is 10.2 Å². The van der Waals surface area contributed by atoms with Crippen LogP contribution >= 0.6 is 11.6 Å². The molecule has 0 bridgehead atoms. The van der Waals surface area contributed by atoms with Crippen molar-refractivity contribution in [1.29, 1.82) is 0 Å². The number of carbonyl (C=O) groups is 1. The first kappa shape index (κ1) is 14.3. The number of tetrazole rings is 1. The first-order chi connectivity index (χ1) is 9.54. The molecule has 2 rings (SSSR count). The minimum atomic E-state index is -1.27. The smallest absolute Gasteiger partial charge is 0.258 e. The van der Waals surface area contributed by atoms with E-state index in [0.717, 1.165) is 12.1 Å². The van der Waals surface area contributed by atoms with Crippen LogP contribution in [0.5, 0.6) is 0 Å². The Morgan fingerprint density at radius 1 is 1.45 bits per heavy atom. The number of aromatic amines is 1. The van der Waals surface area contributed by atoms with E-state index >= 15 is 0 Å². The van der Waals surface area contributed by atoms with Crippen LogP contribution < -0.4 is 0 Å². The summed E-state index contributed by atoms with van der Waals surface area (Å²) in [5, 5.41) is 12.8. The molecule has 0 aliphatic carbocycles. The second kappa shape index (κ2) is 5.91. The molecule has 0 aliphatic heterocycles. The lowest BCUT2D eigenvalue weighted by molar-refractivity contribution is 0.0742. The summed E-state index contributed by atoms with van der Waals surface area (Å²) >= 11 is 5.78. The molecule has 1 N–H and O–H groups in total. The van der Waals surface area contributed by atoms with Crippen LogP contribution in [-0.2, 0) is 6.54 Å². The van der Waals surface area contributed by atoms with Crippen molar-refractivity contribution in [2.24, 2.45) is 0 Å². The van der Waals surface area contributed by atoms with Crippen LogP contribution in [0, 0.1) is 11.6 Å². The SMILES string of the molecule is CCN(Cc1nn[nH]n1)C(=O)c1c(Cl)ccc(F)c1F. The van der Waals surface area contributed by atoms with E-state index in [0.29, 0.717) is 0 Å². The monoisotopic (exact) mass is 301 g/mol. The predicted octanol–water partition coefficient (Wildman–Crippen LogP) is 1.79. The minimum Gasteiger partial charge on any atom is -0.331 e. The summed E-state index contributed by atoms with van der Waals surface area (Å²) in [6.45, 7) is 1.95. The van der Waals surface area contributed by atoms with Crippen molar-refractivity contribution in [3.8, 4) is 0 Å². The molecule has 0 saturated carbocycles. The number of rotatable bonds is 4. The number of nitrogens with zero attached hydrogens (tertiary/aromatic N) is 4. The maximum Gasteiger partial charge on any atom is 0.258 e. The van der Waals surface area contributed by atoms with E-state index in [4.69, 9.17) is 11.6 Å². The van der Waals surface area contributed by atoms with Crippen molar-refractivity contribution < 1.29 is 13.6 Å². The van der Waals surface area contributed by atoms with E-state index in [1.807, 2.05) is 0 Å². The molecular formula is C11H10ClF2N5O. The third-order valence-electron chi connectivity index (χ3n) is 2.65. The van der Waals surface area contributed by atoms with Gasteiger partial charge in [0.1, 0.15) is 0 Å². The summed E-state index contributed by atoms with van der Waals surface area (Å²) in [7, 11) is 0. The highest BCUT2D eigenvalue weighted by atomic mass is 35.5. The molecule has 0 spiro atoms. The first-order valence-electron chi connectivity index (χ1n) is 5.69. The maximum absolute atomic E-state index is 13.7. The van der Waals surface area contributed by atoms with E-state index in [-0.39, 0.29) is 23.9 Å². The maximum atomic E-state index is 13.7. The number of hydrogen-bond acceptors (Lipinski definition) is 4. The Morgan fingerprint density at radius 3 is 2.80 bits per heavy atom. The van der Waals surface area contributed by atoms with Gasteiger partial charge in [-0.05, 0) is 19.1 Å². The zero-order chi connectivity index (χ0) is 14.7. The largest absolute Gasteiger partial charge is 0.331 e. The number of carbonyl (C=O) groups excluding carboxylic acids is 1. The lowest BCUT2D eigenvalue weighted by Crippen LogP contribution is -2.32. The van der Waals surface area contributed by atoms with Gasteiger partial charge in [-0.25, -0.2) is 8.78 Å². The summed E-state index contributed by atoms with van der Waals surface area (Å²) in [4.78, 5) is 13.5. The molecule has 1 amide bonds. The molecule has 1 aromatic heterocycles. The van der Waals surface area contributed by atoms with Crippen LogP contribution in [0.2, 0.25) is 5.02 Å². The molecule has 1 aromatic carbocycles. The molecule has 0 atom stereocenters. The Labute approximate surface area is 117 Å². The number of aromatic nitrogens is 4. The molecule has 6 nitrogen and oxygen atoms in total. The minimum absolute atomic E-state index is 0.0120.